The van der Waals surface area contributed by atoms with Crippen LogP contribution in [0.3, 0.4) is 0 Å². The molecule has 2 heterocycles. The number of rotatable bonds is 4. The second-order valence-corrected chi connectivity index (χ2v) is 6.15. The summed E-state index contributed by atoms with van der Waals surface area (Å²) in [5, 5.41) is 2.62. The number of carbonyl (C=O) groups is 3. The van der Waals surface area contributed by atoms with Crippen molar-refractivity contribution in [2.24, 2.45) is 0 Å². The van der Waals surface area contributed by atoms with Crippen LogP contribution in [0.5, 0.6) is 0 Å². The van der Waals surface area contributed by atoms with Gasteiger partial charge in [-0.15, -0.1) is 0 Å². The van der Waals surface area contributed by atoms with Crippen molar-refractivity contribution in [3.05, 3.63) is 54.0 Å². The van der Waals surface area contributed by atoms with Crippen LogP contribution in [0.25, 0.3) is 0 Å². The number of likely N-dealkylation sites (N-methyl/N-ethyl adjacent to an activating group) is 1. The van der Waals surface area contributed by atoms with Gasteiger partial charge in [0.1, 0.15) is 18.1 Å². The Hall–Kier alpha value is -3.09. The summed E-state index contributed by atoms with van der Waals surface area (Å²) in [5.41, 5.74) is -0.624. The summed E-state index contributed by atoms with van der Waals surface area (Å²) in [4.78, 5) is 39.8. The Bertz CT molecular complexity index is 830. The summed E-state index contributed by atoms with van der Waals surface area (Å²) in [5.74, 6) is 0.0996. The quantitative estimate of drug-likeness (QED) is 0.863. The number of hydrogen-bond acceptors (Lipinski definition) is 4. The predicted octanol–water partition coefficient (Wildman–Crippen LogP) is 2.02. The molecule has 7 nitrogen and oxygen atoms in total. The third kappa shape index (κ3) is 2.88. The van der Waals surface area contributed by atoms with Crippen LogP contribution in [0, 0.1) is 6.92 Å². The molecular weight excluding hydrogens is 322 g/mol. The minimum absolute atomic E-state index is 0.342. The Labute approximate surface area is 145 Å². The van der Waals surface area contributed by atoms with E-state index in [4.69, 9.17) is 4.42 Å². The average Bonchev–Trinajstić information content (AvgIpc) is 3.13. The zero-order valence-corrected chi connectivity index (χ0v) is 14.3. The van der Waals surface area contributed by atoms with E-state index in [1.54, 1.807) is 45.2 Å². The highest BCUT2D eigenvalue weighted by Crippen LogP contribution is 2.30. The van der Waals surface area contributed by atoms with E-state index < -0.39 is 17.5 Å². The standard InChI is InChI=1S/C18H19N3O4/c1-12-9-10-14(25-12)18(2)16(23)21(17(24)19-18)11-15(22)20(3)13-7-5-4-6-8-13/h4-10H,11H2,1-3H3,(H,19,24)/t18-/m1/s1. The average molecular weight is 341 g/mol. The highest BCUT2D eigenvalue weighted by Gasteiger charge is 2.51. The minimum Gasteiger partial charge on any atom is -0.463 e. The van der Waals surface area contributed by atoms with Crippen LogP contribution in [0.2, 0.25) is 0 Å². The van der Waals surface area contributed by atoms with Crippen molar-refractivity contribution in [1.82, 2.24) is 10.2 Å². The predicted molar refractivity (Wildman–Crippen MR) is 90.9 cm³/mol. The summed E-state index contributed by atoms with van der Waals surface area (Å²) in [7, 11) is 1.60. The first kappa shape index (κ1) is 16.8. The molecule has 0 bridgehead atoms. The minimum atomic E-state index is -1.31. The number of nitrogens with zero attached hydrogens (tertiary/aromatic N) is 2. The summed E-state index contributed by atoms with van der Waals surface area (Å²) in [6.45, 7) is 2.98. The third-order valence-corrected chi connectivity index (χ3v) is 4.32. The molecule has 1 N–H and O–H groups in total. The van der Waals surface area contributed by atoms with Crippen molar-refractivity contribution >= 4 is 23.5 Å². The Morgan fingerprint density at radius 3 is 2.48 bits per heavy atom. The van der Waals surface area contributed by atoms with Gasteiger partial charge in [0.05, 0.1) is 0 Å². The number of benzene rings is 1. The lowest BCUT2D eigenvalue weighted by Crippen LogP contribution is -2.43. The molecule has 1 fully saturated rings. The van der Waals surface area contributed by atoms with Gasteiger partial charge in [-0.2, -0.15) is 0 Å². The van der Waals surface area contributed by atoms with Gasteiger partial charge in [0, 0.05) is 12.7 Å². The van der Waals surface area contributed by atoms with Crippen molar-refractivity contribution < 1.29 is 18.8 Å². The maximum atomic E-state index is 12.8. The molecule has 0 aliphatic carbocycles. The van der Waals surface area contributed by atoms with Crippen LogP contribution in [-0.4, -0.2) is 36.3 Å². The molecule has 3 rings (SSSR count). The molecule has 25 heavy (non-hydrogen) atoms. The normalized spacial score (nSPS) is 19.9. The number of nitrogens with one attached hydrogen (secondary N) is 1. The second-order valence-electron chi connectivity index (χ2n) is 6.15. The van der Waals surface area contributed by atoms with Crippen molar-refractivity contribution in [1.29, 1.82) is 0 Å². The van der Waals surface area contributed by atoms with Gasteiger partial charge in [-0.05, 0) is 38.1 Å². The molecule has 130 valence electrons. The lowest BCUT2D eigenvalue weighted by atomic mass is 9.99. The smallest absolute Gasteiger partial charge is 0.325 e. The molecule has 4 amide bonds. The van der Waals surface area contributed by atoms with Gasteiger partial charge in [0.15, 0.2) is 5.54 Å². The number of amides is 4. The molecule has 1 saturated heterocycles. The van der Waals surface area contributed by atoms with Crippen molar-refractivity contribution in [3.63, 3.8) is 0 Å². The number of carbonyl (C=O) groups excluding carboxylic acids is 3. The zero-order valence-electron chi connectivity index (χ0n) is 14.3. The van der Waals surface area contributed by atoms with Crippen molar-refractivity contribution in [2.45, 2.75) is 19.4 Å². The fourth-order valence-corrected chi connectivity index (χ4v) is 2.75. The van der Waals surface area contributed by atoms with E-state index in [2.05, 4.69) is 5.32 Å². The molecular formula is C18H19N3O4. The Morgan fingerprint density at radius 2 is 1.88 bits per heavy atom. The maximum absolute atomic E-state index is 12.8. The van der Waals surface area contributed by atoms with Gasteiger partial charge < -0.3 is 14.6 Å². The summed E-state index contributed by atoms with van der Waals surface area (Å²) in [6, 6.07) is 11.8. The second kappa shape index (κ2) is 6.08. The summed E-state index contributed by atoms with van der Waals surface area (Å²) in [6.07, 6.45) is 0. The van der Waals surface area contributed by atoms with E-state index in [-0.39, 0.29) is 12.5 Å². The SMILES string of the molecule is Cc1ccc([C@@]2(C)NC(=O)N(CC(=O)N(C)c3ccccc3)C2=O)o1. The van der Waals surface area contributed by atoms with Crippen LogP contribution >= 0.6 is 0 Å². The van der Waals surface area contributed by atoms with Gasteiger partial charge in [-0.1, -0.05) is 18.2 Å². The van der Waals surface area contributed by atoms with Crippen LogP contribution in [-0.2, 0) is 15.1 Å². The number of furan rings is 1. The monoisotopic (exact) mass is 341 g/mol. The molecule has 0 spiro atoms. The molecule has 1 aliphatic rings. The lowest BCUT2D eigenvalue weighted by molar-refractivity contribution is -0.134. The Morgan fingerprint density at radius 1 is 1.20 bits per heavy atom. The molecule has 0 radical (unpaired) electrons. The fourth-order valence-electron chi connectivity index (χ4n) is 2.75. The maximum Gasteiger partial charge on any atom is 0.325 e. The largest absolute Gasteiger partial charge is 0.463 e. The third-order valence-electron chi connectivity index (χ3n) is 4.32. The first-order valence-corrected chi connectivity index (χ1v) is 7.85. The Balaban J connectivity index is 1.78. The number of hydrogen-bond donors (Lipinski definition) is 1. The van der Waals surface area contributed by atoms with Crippen LogP contribution in [0.1, 0.15) is 18.4 Å². The van der Waals surface area contributed by atoms with Gasteiger partial charge in [-0.3, -0.25) is 14.5 Å². The van der Waals surface area contributed by atoms with E-state index >= 15 is 0 Å². The summed E-state index contributed by atoms with van der Waals surface area (Å²) >= 11 is 0. The number of para-hydroxylation sites is 1. The first-order valence-electron chi connectivity index (χ1n) is 7.85. The highest BCUT2D eigenvalue weighted by molar-refractivity contribution is 6.10. The van der Waals surface area contributed by atoms with Crippen LogP contribution < -0.4 is 10.2 Å². The van der Waals surface area contributed by atoms with Crippen molar-refractivity contribution in [2.75, 3.05) is 18.5 Å². The molecule has 7 heteroatoms. The topological polar surface area (TPSA) is 82.9 Å². The molecule has 1 aromatic heterocycles. The fraction of sp³-hybridized carbons (Fsp3) is 0.278. The molecule has 0 unspecified atom stereocenters. The van der Waals surface area contributed by atoms with E-state index in [0.717, 1.165) is 4.90 Å². The lowest BCUT2D eigenvalue weighted by Gasteiger charge is -2.21. The Kier molecular flexibility index (Phi) is 4.08. The number of imide groups is 1. The molecule has 1 aromatic carbocycles. The van der Waals surface area contributed by atoms with E-state index in [0.29, 0.717) is 17.2 Å². The summed E-state index contributed by atoms with van der Waals surface area (Å²) < 4.78 is 5.50. The number of anilines is 1. The zero-order chi connectivity index (χ0) is 18.2. The van der Waals surface area contributed by atoms with E-state index in [9.17, 15) is 14.4 Å². The van der Waals surface area contributed by atoms with Gasteiger partial charge in [0.25, 0.3) is 5.91 Å². The molecule has 1 aliphatic heterocycles. The van der Waals surface area contributed by atoms with Gasteiger partial charge in [-0.25, -0.2) is 4.79 Å². The number of urea groups is 1. The molecule has 1 atom stereocenters. The van der Waals surface area contributed by atoms with Crippen molar-refractivity contribution in [3.8, 4) is 0 Å². The van der Waals surface area contributed by atoms with Gasteiger partial charge in [0.2, 0.25) is 5.91 Å². The number of aryl methyl sites for hydroxylation is 1. The van der Waals surface area contributed by atoms with E-state index in [1.165, 1.54) is 4.90 Å². The molecule has 2 aromatic rings. The van der Waals surface area contributed by atoms with Gasteiger partial charge >= 0.3 is 6.03 Å². The highest BCUT2D eigenvalue weighted by atomic mass is 16.3. The van der Waals surface area contributed by atoms with E-state index in [1.807, 2.05) is 18.2 Å². The van der Waals surface area contributed by atoms with Crippen LogP contribution in [0.15, 0.2) is 46.9 Å². The molecule has 0 saturated carbocycles. The first-order chi connectivity index (χ1) is 11.8. The van der Waals surface area contributed by atoms with Crippen LogP contribution in [0.4, 0.5) is 10.5 Å².